The molecule has 2 atom stereocenters. The van der Waals surface area contributed by atoms with E-state index in [1.54, 1.807) is 0 Å². The van der Waals surface area contributed by atoms with E-state index in [0.29, 0.717) is 12.5 Å². The molecule has 1 aromatic rings. The first-order valence-corrected chi connectivity index (χ1v) is 8.75. The van der Waals surface area contributed by atoms with Crippen LogP contribution in [0.5, 0.6) is 0 Å². The SMILES string of the molecule is CCCCc1ccc(COC(=O)[C@@H]2[C@@H](C=C(C)C)C2(C)C)cc1. The molecule has 0 saturated heterocycles. The Morgan fingerprint density at radius 2 is 1.78 bits per heavy atom. The van der Waals surface area contributed by atoms with Crippen LogP contribution in [0.3, 0.4) is 0 Å². The van der Waals surface area contributed by atoms with Crippen molar-refractivity contribution in [3.63, 3.8) is 0 Å². The molecule has 0 heterocycles. The Bertz CT molecular complexity index is 562. The third-order valence-corrected chi connectivity index (χ3v) is 4.90. The van der Waals surface area contributed by atoms with E-state index in [9.17, 15) is 4.79 Å². The lowest BCUT2D eigenvalue weighted by Crippen LogP contribution is -2.10. The Labute approximate surface area is 140 Å². The van der Waals surface area contributed by atoms with Crippen molar-refractivity contribution in [1.82, 2.24) is 0 Å². The first-order chi connectivity index (χ1) is 10.9. The average molecular weight is 314 g/mol. The lowest BCUT2D eigenvalue weighted by molar-refractivity contribution is -0.147. The number of esters is 1. The fraction of sp³-hybridized carbons (Fsp3) is 0.571. The summed E-state index contributed by atoms with van der Waals surface area (Å²) in [5, 5.41) is 0. The molecule has 1 fully saturated rings. The Morgan fingerprint density at radius 3 is 2.35 bits per heavy atom. The normalized spacial score (nSPS) is 21.6. The lowest BCUT2D eigenvalue weighted by atomic mass is 10.1. The third-order valence-electron chi connectivity index (χ3n) is 4.90. The van der Waals surface area contributed by atoms with E-state index in [-0.39, 0.29) is 17.3 Å². The Hall–Kier alpha value is -1.57. The van der Waals surface area contributed by atoms with Crippen LogP contribution in [0.25, 0.3) is 0 Å². The van der Waals surface area contributed by atoms with Crippen LogP contribution in [0.4, 0.5) is 0 Å². The summed E-state index contributed by atoms with van der Waals surface area (Å²) in [5.41, 5.74) is 3.71. The molecule has 2 nitrogen and oxygen atoms in total. The minimum Gasteiger partial charge on any atom is -0.461 e. The fourth-order valence-electron chi connectivity index (χ4n) is 3.23. The molecule has 0 spiro atoms. The second-order valence-corrected chi connectivity index (χ2v) is 7.60. The van der Waals surface area contributed by atoms with E-state index in [1.165, 1.54) is 24.0 Å². The van der Waals surface area contributed by atoms with Gasteiger partial charge in [-0.15, -0.1) is 0 Å². The Kier molecular flexibility index (Phi) is 5.67. The van der Waals surface area contributed by atoms with Gasteiger partial charge in [0.1, 0.15) is 6.61 Å². The summed E-state index contributed by atoms with van der Waals surface area (Å²) >= 11 is 0. The van der Waals surface area contributed by atoms with Gasteiger partial charge in [-0.3, -0.25) is 4.79 Å². The summed E-state index contributed by atoms with van der Waals surface area (Å²) in [4.78, 5) is 12.3. The number of hydrogen-bond donors (Lipinski definition) is 0. The lowest BCUT2D eigenvalue weighted by Gasteiger charge is -2.07. The number of ether oxygens (including phenoxy) is 1. The smallest absolute Gasteiger partial charge is 0.310 e. The molecule has 0 bridgehead atoms. The van der Waals surface area contributed by atoms with Crippen LogP contribution in [0.1, 0.15) is 58.6 Å². The van der Waals surface area contributed by atoms with Crippen LogP contribution in [0.15, 0.2) is 35.9 Å². The number of benzene rings is 1. The maximum absolute atomic E-state index is 12.3. The van der Waals surface area contributed by atoms with Gasteiger partial charge in [-0.05, 0) is 49.1 Å². The van der Waals surface area contributed by atoms with Gasteiger partial charge < -0.3 is 4.74 Å². The summed E-state index contributed by atoms with van der Waals surface area (Å²) in [5.74, 6) is 0.255. The highest BCUT2D eigenvalue weighted by Crippen LogP contribution is 2.59. The molecular weight excluding hydrogens is 284 g/mol. The van der Waals surface area contributed by atoms with Gasteiger partial charge in [0.15, 0.2) is 0 Å². The van der Waals surface area contributed by atoms with E-state index in [4.69, 9.17) is 4.74 Å². The van der Waals surface area contributed by atoms with Gasteiger partial charge in [0.05, 0.1) is 5.92 Å². The Balaban J connectivity index is 1.86. The quantitative estimate of drug-likeness (QED) is 0.503. The van der Waals surface area contributed by atoms with Crippen LogP contribution in [-0.4, -0.2) is 5.97 Å². The highest BCUT2D eigenvalue weighted by Gasteiger charge is 2.61. The van der Waals surface area contributed by atoms with Crippen LogP contribution in [0, 0.1) is 17.3 Å². The van der Waals surface area contributed by atoms with Gasteiger partial charge in [0, 0.05) is 0 Å². The molecule has 0 unspecified atom stereocenters. The highest BCUT2D eigenvalue weighted by molar-refractivity contribution is 5.78. The molecule has 0 aliphatic heterocycles. The molecule has 0 aromatic heterocycles. The van der Waals surface area contributed by atoms with Crippen molar-refractivity contribution in [2.45, 2.75) is 60.5 Å². The van der Waals surface area contributed by atoms with Crippen molar-refractivity contribution in [3.05, 3.63) is 47.0 Å². The molecule has 23 heavy (non-hydrogen) atoms. The van der Waals surface area contributed by atoms with E-state index in [2.05, 4.69) is 65.0 Å². The van der Waals surface area contributed by atoms with E-state index >= 15 is 0 Å². The monoisotopic (exact) mass is 314 g/mol. The predicted octanol–water partition coefficient (Wildman–Crippen LogP) is 5.31. The summed E-state index contributed by atoms with van der Waals surface area (Å²) in [6.45, 7) is 11.0. The molecule has 0 radical (unpaired) electrons. The Morgan fingerprint density at radius 1 is 1.17 bits per heavy atom. The summed E-state index contributed by atoms with van der Waals surface area (Å²) in [7, 11) is 0. The van der Waals surface area contributed by atoms with Crippen molar-refractivity contribution >= 4 is 5.97 Å². The molecular formula is C21H30O2. The van der Waals surface area contributed by atoms with Crippen LogP contribution < -0.4 is 0 Å². The van der Waals surface area contributed by atoms with Gasteiger partial charge in [-0.1, -0.05) is 63.1 Å². The average Bonchev–Trinajstić information content (AvgIpc) is 3.03. The largest absolute Gasteiger partial charge is 0.461 e. The predicted molar refractivity (Wildman–Crippen MR) is 95.0 cm³/mol. The number of allylic oxidation sites excluding steroid dienone is 2. The molecule has 1 saturated carbocycles. The van der Waals surface area contributed by atoms with Gasteiger partial charge in [-0.2, -0.15) is 0 Å². The van der Waals surface area contributed by atoms with E-state index in [0.717, 1.165) is 12.0 Å². The number of aryl methyl sites for hydroxylation is 1. The molecule has 2 heteroatoms. The van der Waals surface area contributed by atoms with Crippen molar-refractivity contribution in [2.24, 2.45) is 17.3 Å². The highest BCUT2D eigenvalue weighted by atomic mass is 16.5. The molecule has 0 amide bonds. The molecule has 1 aliphatic carbocycles. The van der Waals surface area contributed by atoms with Crippen LogP contribution in [0.2, 0.25) is 0 Å². The minimum atomic E-state index is -0.0624. The van der Waals surface area contributed by atoms with Crippen molar-refractivity contribution in [2.75, 3.05) is 0 Å². The van der Waals surface area contributed by atoms with E-state index < -0.39 is 0 Å². The number of rotatable bonds is 7. The van der Waals surface area contributed by atoms with Crippen LogP contribution >= 0.6 is 0 Å². The van der Waals surface area contributed by atoms with Crippen molar-refractivity contribution in [3.8, 4) is 0 Å². The third kappa shape index (κ3) is 4.46. The number of carbonyl (C=O) groups is 1. The second kappa shape index (κ2) is 7.33. The minimum absolute atomic E-state index is 0.00114. The van der Waals surface area contributed by atoms with Crippen molar-refractivity contribution < 1.29 is 9.53 Å². The van der Waals surface area contributed by atoms with Crippen molar-refractivity contribution in [1.29, 1.82) is 0 Å². The van der Waals surface area contributed by atoms with E-state index in [1.807, 2.05) is 0 Å². The fourth-order valence-corrected chi connectivity index (χ4v) is 3.23. The molecule has 2 rings (SSSR count). The number of unbranched alkanes of at least 4 members (excludes halogenated alkanes) is 1. The maximum atomic E-state index is 12.3. The van der Waals surface area contributed by atoms with Gasteiger partial charge in [0.25, 0.3) is 0 Å². The number of carbonyl (C=O) groups excluding carboxylic acids is 1. The molecule has 1 aromatic carbocycles. The first-order valence-electron chi connectivity index (χ1n) is 8.75. The second-order valence-electron chi connectivity index (χ2n) is 7.60. The zero-order valence-corrected chi connectivity index (χ0v) is 15.2. The summed E-state index contributed by atoms with van der Waals surface area (Å²) < 4.78 is 5.55. The van der Waals surface area contributed by atoms with Gasteiger partial charge in [-0.25, -0.2) is 0 Å². The van der Waals surface area contributed by atoms with Crippen LogP contribution in [-0.2, 0) is 22.6 Å². The van der Waals surface area contributed by atoms with Gasteiger partial charge in [0.2, 0.25) is 0 Å². The zero-order chi connectivity index (χ0) is 17.0. The topological polar surface area (TPSA) is 26.3 Å². The first kappa shape index (κ1) is 17.8. The maximum Gasteiger partial charge on any atom is 0.310 e. The molecule has 0 N–H and O–H groups in total. The standard InChI is InChI=1S/C21H30O2/c1-6-7-8-16-9-11-17(12-10-16)14-23-20(22)19-18(13-15(2)3)21(19,4)5/h9-13,18-19H,6-8,14H2,1-5H3/t18-,19+/m1/s1. The number of hydrogen-bond acceptors (Lipinski definition) is 2. The summed E-state index contributed by atoms with van der Waals surface area (Å²) in [6.07, 6.45) is 5.76. The molecule has 1 aliphatic rings. The van der Waals surface area contributed by atoms with Gasteiger partial charge >= 0.3 is 5.97 Å². The molecule has 126 valence electrons. The summed E-state index contributed by atoms with van der Waals surface area (Å²) in [6, 6.07) is 8.44. The zero-order valence-electron chi connectivity index (χ0n) is 15.2.